The van der Waals surface area contributed by atoms with E-state index in [1.807, 2.05) is 6.92 Å². The Morgan fingerprint density at radius 1 is 1.30 bits per heavy atom. The van der Waals surface area contributed by atoms with Crippen molar-refractivity contribution < 1.29 is 19.1 Å². The zero-order chi connectivity index (χ0) is 16.7. The molecule has 122 valence electrons. The molecule has 2 aromatic rings. The maximum Gasteiger partial charge on any atom is 0.308 e. The normalized spacial score (nSPS) is 21.6. The molecule has 1 aliphatic rings. The van der Waals surface area contributed by atoms with Crippen molar-refractivity contribution in [2.75, 3.05) is 6.54 Å². The number of aromatic amines is 1. The van der Waals surface area contributed by atoms with Gasteiger partial charge in [0.1, 0.15) is 11.5 Å². The van der Waals surface area contributed by atoms with Crippen LogP contribution in [0.15, 0.2) is 18.2 Å². The molecule has 1 saturated heterocycles. The van der Waals surface area contributed by atoms with Gasteiger partial charge >= 0.3 is 5.97 Å². The Bertz CT molecular complexity index is 783. The third kappa shape index (κ3) is 2.81. The smallest absolute Gasteiger partial charge is 0.308 e. The molecular formula is C17H19FN2O3. The molecule has 2 heterocycles. The van der Waals surface area contributed by atoms with Crippen molar-refractivity contribution in [1.29, 1.82) is 0 Å². The Kier molecular flexibility index (Phi) is 3.83. The van der Waals surface area contributed by atoms with Crippen LogP contribution in [-0.4, -0.2) is 39.5 Å². The monoisotopic (exact) mass is 318 g/mol. The number of nitrogens with zero attached hydrogens (tertiary/aromatic N) is 1. The lowest BCUT2D eigenvalue weighted by Crippen LogP contribution is -2.47. The number of aryl methyl sites for hydroxylation is 1. The van der Waals surface area contributed by atoms with Gasteiger partial charge in [0.2, 0.25) is 0 Å². The number of hydrogen-bond acceptors (Lipinski definition) is 2. The average molecular weight is 318 g/mol. The molecule has 6 heteroatoms. The fraction of sp³-hybridized carbons (Fsp3) is 0.412. The third-order valence-corrected chi connectivity index (χ3v) is 4.63. The largest absolute Gasteiger partial charge is 0.481 e. The van der Waals surface area contributed by atoms with Gasteiger partial charge < -0.3 is 15.0 Å². The minimum absolute atomic E-state index is 0.0117. The molecule has 3 rings (SSSR count). The lowest BCUT2D eigenvalue weighted by atomic mass is 9.93. The Morgan fingerprint density at radius 3 is 2.74 bits per heavy atom. The number of likely N-dealkylation sites (tertiary alicyclic amines) is 1. The molecule has 1 fully saturated rings. The lowest BCUT2D eigenvalue weighted by molar-refractivity contribution is -0.143. The number of carbonyl (C=O) groups is 2. The van der Waals surface area contributed by atoms with Crippen LogP contribution >= 0.6 is 0 Å². The topological polar surface area (TPSA) is 73.4 Å². The highest BCUT2D eigenvalue weighted by molar-refractivity contribution is 5.99. The molecule has 2 N–H and O–H groups in total. The van der Waals surface area contributed by atoms with E-state index in [1.165, 1.54) is 12.1 Å². The van der Waals surface area contributed by atoms with Crippen molar-refractivity contribution in [3.8, 4) is 0 Å². The van der Waals surface area contributed by atoms with E-state index in [0.717, 1.165) is 10.9 Å². The molecule has 0 spiro atoms. The first-order valence-corrected chi connectivity index (χ1v) is 7.69. The van der Waals surface area contributed by atoms with Crippen molar-refractivity contribution in [3.63, 3.8) is 0 Å². The third-order valence-electron chi connectivity index (χ3n) is 4.63. The van der Waals surface area contributed by atoms with E-state index in [1.54, 1.807) is 17.9 Å². The van der Waals surface area contributed by atoms with Gasteiger partial charge in [0.25, 0.3) is 5.91 Å². The zero-order valence-corrected chi connectivity index (χ0v) is 13.1. The molecule has 1 aliphatic heterocycles. The molecule has 1 amide bonds. The van der Waals surface area contributed by atoms with Crippen molar-refractivity contribution in [3.05, 3.63) is 35.3 Å². The standard InChI is InChI=1S/C17H19FN2O3/c1-9-5-12(18)6-14-13(9)7-15(19-14)16(21)20-8-11(17(22)23)4-3-10(20)2/h5-7,10-11,19H,3-4,8H2,1-2H3,(H,22,23). The highest BCUT2D eigenvalue weighted by Crippen LogP contribution is 2.26. The maximum absolute atomic E-state index is 13.5. The number of hydrogen-bond donors (Lipinski definition) is 2. The Balaban J connectivity index is 1.93. The molecule has 1 aromatic carbocycles. The summed E-state index contributed by atoms with van der Waals surface area (Å²) in [5.41, 5.74) is 1.70. The van der Waals surface area contributed by atoms with E-state index in [-0.39, 0.29) is 24.3 Å². The van der Waals surface area contributed by atoms with E-state index in [9.17, 15) is 19.1 Å². The number of benzene rings is 1. The minimum Gasteiger partial charge on any atom is -0.481 e. The van der Waals surface area contributed by atoms with Crippen LogP contribution in [0.3, 0.4) is 0 Å². The van der Waals surface area contributed by atoms with Gasteiger partial charge in [0, 0.05) is 23.5 Å². The van der Waals surface area contributed by atoms with Gasteiger partial charge in [-0.25, -0.2) is 4.39 Å². The summed E-state index contributed by atoms with van der Waals surface area (Å²) < 4.78 is 13.5. The summed E-state index contributed by atoms with van der Waals surface area (Å²) in [5, 5.41) is 9.99. The molecular weight excluding hydrogens is 299 g/mol. The number of H-pyrrole nitrogens is 1. The highest BCUT2D eigenvalue weighted by atomic mass is 19.1. The number of carboxylic acid groups (broad SMARTS) is 1. The molecule has 1 aromatic heterocycles. The molecule has 2 atom stereocenters. The highest BCUT2D eigenvalue weighted by Gasteiger charge is 2.33. The summed E-state index contributed by atoms with van der Waals surface area (Å²) in [6, 6.07) is 4.49. The van der Waals surface area contributed by atoms with Crippen molar-refractivity contribution in [1.82, 2.24) is 9.88 Å². The fourth-order valence-corrected chi connectivity index (χ4v) is 3.24. The van der Waals surface area contributed by atoms with E-state index in [2.05, 4.69) is 4.98 Å². The number of halogens is 1. The summed E-state index contributed by atoms with van der Waals surface area (Å²) in [6.07, 6.45) is 1.24. The number of nitrogens with one attached hydrogen (secondary N) is 1. The van der Waals surface area contributed by atoms with Crippen LogP contribution in [0.25, 0.3) is 10.9 Å². The van der Waals surface area contributed by atoms with Gasteiger partial charge in [0.15, 0.2) is 0 Å². The van der Waals surface area contributed by atoms with E-state index < -0.39 is 11.9 Å². The number of fused-ring (bicyclic) bond motifs is 1. The minimum atomic E-state index is -0.871. The summed E-state index contributed by atoms with van der Waals surface area (Å²) in [7, 11) is 0. The van der Waals surface area contributed by atoms with Crippen LogP contribution < -0.4 is 0 Å². The van der Waals surface area contributed by atoms with E-state index in [4.69, 9.17) is 0 Å². The maximum atomic E-state index is 13.5. The number of carboxylic acids is 1. The second kappa shape index (κ2) is 5.68. The number of aromatic nitrogens is 1. The average Bonchev–Trinajstić information content (AvgIpc) is 2.91. The first-order valence-electron chi connectivity index (χ1n) is 7.69. The first-order chi connectivity index (χ1) is 10.9. The molecule has 0 bridgehead atoms. The van der Waals surface area contributed by atoms with E-state index >= 15 is 0 Å². The van der Waals surface area contributed by atoms with E-state index in [0.29, 0.717) is 24.1 Å². The summed E-state index contributed by atoms with van der Waals surface area (Å²) in [4.78, 5) is 28.5. The number of rotatable bonds is 2. The van der Waals surface area contributed by atoms with Gasteiger partial charge in [-0.15, -0.1) is 0 Å². The summed E-state index contributed by atoms with van der Waals surface area (Å²) in [5.74, 6) is -1.99. The predicted molar refractivity (Wildman–Crippen MR) is 83.9 cm³/mol. The van der Waals surface area contributed by atoms with Crippen LogP contribution in [0.2, 0.25) is 0 Å². The Hall–Kier alpha value is -2.37. The number of amides is 1. The van der Waals surface area contributed by atoms with Crippen molar-refractivity contribution >= 4 is 22.8 Å². The lowest BCUT2D eigenvalue weighted by Gasteiger charge is -2.36. The summed E-state index contributed by atoms with van der Waals surface area (Å²) >= 11 is 0. The SMILES string of the molecule is Cc1cc(F)cc2[nH]c(C(=O)N3CC(C(=O)O)CCC3C)cc12. The van der Waals surface area contributed by atoms with Crippen LogP contribution in [0.5, 0.6) is 0 Å². The molecule has 0 radical (unpaired) electrons. The number of aliphatic carboxylic acids is 1. The molecule has 2 unspecified atom stereocenters. The molecule has 0 saturated carbocycles. The first kappa shape index (κ1) is 15.5. The van der Waals surface area contributed by atoms with Crippen molar-refractivity contribution in [2.45, 2.75) is 32.7 Å². The Morgan fingerprint density at radius 2 is 2.04 bits per heavy atom. The molecule has 5 nitrogen and oxygen atoms in total. The van der Waals surface area contributed by atoms with Crippen LogP contribution in [0, 0.1) is 18.7 Å². The zero-order valence-electron chi connectivity index (χ0n) is 13.1. The van der Waals surface area contributed by atoms with Gasteiger partial charge in [-0.05, 0) is 50.5 Å². The Labute approximate surface area is 133 Å². The van der Waals surface area contributed by atoms with Gasteiger partial charge in [-0.3, -0.25) is 9.59 Å². The second-order valence-electron chi connectivity index (χ2n) is 6.29. The quantitative estimate of drug-likeness (QED) is 0.894. The van der Waals surface area contributed by atoms with Crippen LogP contribution in [0.4, 0.5) is 4.39 Å². The summed E-state index contributed by atoms with van der Waals surface area (Å²) in [6.45, 7) is 3.92. The van der Waals surface area contributed by atoms with Crippen LogP contribution in [-0.2, 0) is 4.79 Å². The van der Waals surface area contributed by atoms with Crippen molar-refractivity contribution in [2.24, 2.45) is 5.92 Å². The fourth-order valence-electron chi connectivity index (χ4n) is 3.24. The van der Waals surface area contributed by atoms with Crippen LogP contribution in [0.1, 0.15) is 35.8 Å². The van der Waals surface area contributed by atoms with Gasteiger partial charge in [-0.1, -0.05) is 0 Å². The van der Waals surface area contributed by atoms with Gasteiger partial charge in [0.05, 0.1) is 5.92 Å². The predicted octanol–water partition coefficient (Wildman–Crippen LogP) is 2.94. The molecule has 23 heavy (non-hydrogen) atoms. The number of piperidine rings is 1. The second-order valence-corrected chi connectivity index (χ2v) is 6.29. The van der Waals surface area contributed by atoms with Gasteiger partial charge in [-0.2, -0.15) is 0 Å². The molecule has 0 aliphatic carbocycles. The number of carbonyl (C=O) groups excluding carboxylic acids is 1.